The van der Waals surface area contributed by atoms with Crippen LogP contribution in [0.25, 0.3) is 0 Å². The zero-order chi connectivity index (χ0) is 14.2. The van der Waals surface area contributed by atoms with Gasteiger partial charge in [0.2, 0.25) is 0 Å². The monoisotopic (exact) mass is 325 g/mol. The lowest BCUT2D eigenvalue weighted by molar-refractivity contribution is 0.154. The molecule has 0 aromatic heterocycles. The fraction of sp³-hybridized carbons (Fsp3) is 0.500. The van der Waals surface area contributed by atoms with E-state index in [1.807, 2.05) is 37.9 Å². The van der Waals surface area contributed by atoms with Crippen LogP contribution in [0.15, 0.2) is 28.7 Å². The van der Waals surface area contributed by atoms with E-state index in [2.05, 4.69) is 28.1 Å². The van der Waals surface area contributed by atoms with Crippen LogP contribution in [-0.2, 0) is 0 Å². The Kier molecular flexibility index (Phi) is 3.87. The third kappa shape index (κ3) is 2.62. The highest BCUT2D eigenvalue weighted by Crippen LogP contribution is 2.32. The maximum Gasteiger partial charge on any atom is 0.320 e. The van der Waals surface area contributed by atoms with Gasteiger partial charge in [0.1, 0.15) is 0 Å². The number of nitrogens with zero attached hydrogens (tertiary/aromatic N) is 2. The minimum absolute atomic E-state index is 0.0448. The predicted molar refractivity (Wildman–Crippen MR) is 79.9 cm³/mol. The molecular formula is C14H20BrN3O. The van der Waals surface area contributed by atoms with Crippen LogP contribution in [0.3, 0.4) is 0 Å². The van der Waals surface area contributed by atoms with Gasteiger partial charge in [0.05, 0.1) is 11.6 Å². The number of hydrogen-bond donors (Lipinski definition) is 1. The zero-order valence-electron chi connectivity index (χ0n) is 11.6. The molecule has 1 atom stereocenters. The number of carbonyl (C=O) groups excluding carboxylic acids is 1. The third-order valence-electron chi connectivity index (χ3n) is 3.84. The van der Waals surface area contributed by atoms with Crippen molar-refractivity contribution in [2.24, 2.45) is 5.73 Å². The lowest BCUT2D eigenvalue weighted by Gasteiger charge is -2.33. The molecular weight excluding hydrogens is 306 g/mol. The van der Waals surface area contributed by atoms with Gasteiger partial charge in [-0.25, -0.2) is 4.79 Å². The first-order chi connectivity index (χ1) is 8.86. The molecule has 1 aromatic carbocycles. The van der Waals surface area contributed by atoms with Crippen LogP contribution in [0, 0.1) is 0 Å². The molecule has 1 aliphatic rings. The van der Waals surface area contributed by atoms with E-state index >= 15 is 0 Å². The quantitative estimate of drug-likeness (QED) is 0.928. The van der Waals surface area contributed by atoms with Gasteiger partial charge in [-0.15, -0.1) is 0 Å². The molecule has 104 valence electrons. The molecule has 1 aromatic rings. The maximum absolute atomic E-state index is 12.3. The summed E-state index contributed by atoms with van der Waals surface area (Å²) in [7, 11) is 1.85. The summed E-state index contributed by atoms with van der Waals surface area (Å²) in [6.45, 7) is 5.15. The normalized spacial score (nSPS) is 20.3. The van der Waals surface area contributed by atoms with E-state index in [4.69, 9.17) is 5.73 Å². The first kappa shape index (κ1) is 14.3. The molecule has 19 heavy (non-hydrogen) atoms. The van der Waals surface area contributed by atoms with Crippen LogP contribution < -0.4 is 5.73 Å². The number of benzene rings is 1. The molecule has 5 heteroatoms. The number of amides is 2. The number of halogens is 1. The highest BCUT2D eigenvalue weighted by Gasteiger charge is 2.42. The SMILES string of the molecule is CN1C(=O)N(C(C)(C)CN)CC1c1ccc(Br)cc1. The summed E-state index contributed by atoms with van der Waals surface area (Å²) >= 11 is 3.43. The van der Waals surface area contributed by atoms with Crippen molar-refractivity contribution >= 4 is 22.0 Å². The van der Waals surface area contributed by atoms with Gasteiger partial charge in [0.25, 0.3) is 0 Å². The minimum atomic E-state index is -0.310. The summed E-state index contributed by atoms with van der Waals surface area (Å²) < 4.78 is 1.04. The van der Waals surface area contributed by atoms with Crippen LogP contribution in [0.2, 0.25) is 0 Å². The number of likely N-dealkylation sites (N-methyl/N-ethyl adjacent to an activating group) is 1. The molecule has 0 aliphatic carbocycles. The van der Waals surface area contributed by atoms with Crippen molar-refractivity contribution in [1.82, 2.24) is 9.80 Å². The number of nitrogens with two attached hydrogens (primary N) is 1. The van der Waals surface area contributed by atoms with Gasteiger partial charge in [-0.2, -0.15) is 0 Å². The molecule has 2 N–H and O–H groups in total. The molecule has 1 fully saturated rings. The van der Waals surface area contributed by atoms with Gasteiger partial charge >= 0.3 is 6.03 Å². The van der Waals surface area contributed by atoms with Crippen molar-refractivity contribution in [2.75, 3.05) is 20.1 Å². The minimum Gasteiger partial charge on any atom is -0.328 e. The van der Waals surface area contributed by atoms with Gasteiger partial charge in [-0.3, -0.25) is 0 Å². The van der Waals surface area contributed by atoms with E-state index in [1.165, 1.54) is 0 Å². The van der Waals surface area contributed by atoms with E-state index in [-0.39, 0.29) is 17.6 Å². The summed E-state index contributed by atoms with van der Waals surface area (Å²) in [5.74, 6) is 0. The Morgan fingerprint density at radius 3 is 2.47 bits per heavy atom. The summed E-state index contributed by atoms with van der Waals surface area (Å²) in [4.78, 5) is 16.0. The lowest BCUT2D eigenvalue weighted by Crippen LogP contribution is -2.50. The maximum atomic E-state index is 12.3. The second-order valence-electron chi connectivity index (χ2n) is 5.59. The molecule has 2 amide bonds. The lowest BCUT2D eigenvalue weighted by atomic mass is 10.0. The summed E-state index contributed by atoms with van der Waals surface area (Å²) in [5, 5.41) is 0. The van der Waals surface area contributed by atoms with E-state index in [9.17, 15) is 4.79 Å². The van der Waals surface area contributed by atoms with Gasteiger partial charge < -0.3 is 15.5 Å². The largest absolute Gasteiger partial charge is 0.328 e. The van der Waals surface area contributed by atoms with Gasteiger partial charge in [0.15, 0.2) is 0 Å². The second-order valence-corrected chi connectivity index (χ2v) is 6.50. The Bertz CT molecular complexity index is 472. The molecule has 1 saturated heterocycles. The van der Waals surface area contributed by atoms with Crippen LogP contribution in [0.1, 0.15) is 25.5 Å². The van der Waals surface area contributed by atoms with E-state index in [1.54, 1.807) is 4.90 Å². The standard InChI is InChI=1S/C14H20BrN3O/c1-14(2,9-16)18-8-12(17(3)13(18)19)10-4-6-11(15)7-5-10/h4-7,12H,8-9,16H2,1-3H3. The fourth-order valence-electron chi connectivity index (χ4n) is 2.33. The Balaban J connectivity index is 2.26. The summed E-state index contributed by atoms with van der Waals surface area (Å²) in [5.41, 5.74) is 6.62. The van der Waals surface area contributed by atoms with Crippen molar-refractivity contribution in [3.63, 3.8) is 0 Å². The number of rotatable bonds is 3. The molecule has 1 heterocycles. The van der Waals surface area contributed by atoms with E-state index in [0.29, 0.717) is 13.1 Å². The van der Waals surface area contributed by atoms with E-state index in [0.717, 1.165) is 10.0 Å². The Hall–Kier alpha value is -1.07. The average Bonchev–Trinajstić information content (AvgIpc) is 2.68. The van der Waals surface area contributed by atoms with Gasteiger partial charge in [-0.1, -0.05) is 28.1 Å². The molecule has 0 saturated carbocycles. The van der Waals surface area contributed by atoms with E-state index < -0.39 is 0 Å². The predicted octanol–water partition coefficient (Wildman–Crippen LogP) is 2.59. The zero-order valence-corrected chi connectivity index (χ0v) is 13.1. The first-order valence-corrected chi connectivity index (χ1v) is 7.16. The van der Waals surface area contributed by atoms with Crippen molar-refractivity contribution in [3.05, 3.63) is 34.3 Å². The molecule has 0 radical (unpaired) electrons. The third-order valence-corrected chi connectivity index (χ3v) is 4.37. The van der Waals surface area contributed by atoms with Crippen molar-refractivity contribution in [1.29, 1.82) is 0 Å². The Morgan fingerprint density at radius 2 is 1.95 bits per heavy atom. The van der Waals surface area contributed by atoms with Crippen molar-refractivity contribution in [3.8, 4) is 0 Å². The second kappa shape index (κ2) is 5.13. The van der Waals surface area contributed by atoms with Crippen LogP contribution in [0.5, 0.6) is 0 Å². The molecule has 1 unspecified atom stereocenters. The Morgan fingerprint density at radius 1 is 1.37 bits per heavy atom. The highest BCUT2D eigenvalue weighted by molar-refractivity contribution is 9.10. The fourth-order valence-corrected chi connectivity index (χ4v) is 2.59. The van der Waals surface area contributed by atoms with Gasteiger partial charge in [-0.05, 0) is 31.5 Å². The van der Waals surface area contributed by atoms with Gasteiger partial charge in [0, 0.05) is 24.6 Å². The highest BCUT2D eigenvalue weighted by atomic mass is 79.9. The molecule has 4 nitrogen and oxygen atoms in total. The topological polar surface area (TPSA) is 49.6 Å². The molecule has 0 spiro atoms. The van der Waals surface area contributed by atoms with Crippen molar-refractivity contribution < 1.29 is 4.79 Å². The first-order valence-electron chi connectivity index (χ1n) is 6.37. The summed E-state index contributed by atoms with van der Waals surface area (Å²) in [6, 6.07) is 8.25. The van der Waals surface area contributed by atoms with Crippen LogP contribution in [-0.4, -0.2) is 41.5 Å². The molecule has 0 bridgehead atoms. The van der Waals surface area contributed by atoms with Crippen molar-refractivity contribution in [2.45, 2.75) is 25.4 Å². The van der Waals surface area contributed by atoms with Crippen LogP contribution in [0.4, 0.5) is 4.79 Å². The number of hydrogen-bond acceptors (Lipinski definition) is 2. The molecule has 1 aliphatic heterocycles. The number of carbonyl (C=O) groups is 1. The summed E-state index contributed by atoms with van der Waals surface area (Å²) in [6.07, 6.45) is 0. The number of urea groups is 1. The Labute approximate surface area is 122 Å². The average molecular weight is 326 g/mol. The smallest absolute Gasteiger partial charge is 0.320 e. The molecule has 2 rings (SSSR count). The van der Waals surface area contributed by atoms with Crippen LogP contribution >= 0.6 is 15.9 Å².